The van der Waals surface area contributed by atoms with Crippen molar-refractivity contribution in [3.8, 4) is 0 Å². The second kappa shape index (κ2) is 4.21. The van der Waals surface area contributed by atoms with E-state index >= 15 is 0 Å². The van der Waals surface area contributed by atoms with Crippen LogP contribution >= 0.6 is 23.2 Å². The van der Waals surface area contributed by atoms with Gasteiger partial charge in [-0.2, -0.15) is 0 Å². The van der Waals surface area contributed by atoms with E-state index in [9.17, 15) is 0 Å². The van der Waals surface area contributed by atoms with Gasteiger partial charge in [-0.25, -0.2) is 0 Å². The van der Waals surface area contributed by atoms with E-state index in [1.165, 1.54) is 0 Å². The van der Waals surface area contributed by atoms with Crippen LogP contribution in [-0.4, -0.2) is 14.8 Å². The monoisotopic (exact) mass is 241 g/mol. The number of halogens is 2. The van der Waals surface area contributed by atoms with Crippen LogP contribution in [-0.2, 0) is 6.54 Å². The number of rotatable bonds is 2. The Hall–Kier alpha value is -1.06. The fourth-order valence-electron chi connectivity index (χ4n) is 1.31. The van der Waals surface area contributed by atoms with E-state index in [0.717, 1.165) is 16.4 Å². The van der Waals surface area contributed by atoms with E-state index in [4.69, 9.17) is 23.2 Å². The largest absolute Gasteiger partial charge is 0.298 e. The van der Waals surface area contributed by atoms with Gasteiger partial charge in [-0.1, -0.05) is 23.7 Å². The van der Waals surface area contributed by atoms with Crippen LogP contribution < -0.4 is 0 Å². The third-order valence-corrected chi connectivity index (χ3v) is 2.68. The van der Waals surface area contributed by atoms with Crippen LogP contribution in [0, 0.1) is 6.92 Å². The highest BCUT2D eigenvalue weighted by atomic mass is 35.5. The summed E-state index contributed by atoms with van der Waals surface area (Å²) in [6.07, 6.45) is 0. The minimum atomic E-state index is 0.405. The van der Waals surface area contributed by atoms with Gasteiger partial charge >= 0.3 is 0 Å². The molecule has 0 bridgehead atoms. The maximum absolute atomic E-state index is 5.89. The van der Waals surface area contributed by atoms with Gasteiger partial charge < -0.3 is 0 Å². The predicted molar refractivity (Wildman–Crippen MR) is 60.3 cm³/mol. The normalized spacial score (nSPS) is 10.6. The third kappa shape index (κ3) is 2.30. The lowest BCUT2D eigenvalue weighted by molar-refractivity contribution is 0.762. The molecule has 0 aliphatic heterocycles. The van der Waals surface area contributed by atoms with E-state index < -0.39 is 0 Å². The lowest BCUT2D eigenvalue weighted by Gasteiger charge is -2.05. The maximum atomic E-state index is 5.89. The zero-order valence-corrected chi connectivity index (χ0v) is 9.63. The number of aromatic nitrogens is 3. The van der Waals surface area contributed by atoms with Crippen LogP contribution in [0.15, 0.2) is 24.3 Å². The van der Waals surface area contributed by atoms with Crippen molar-refractivity contribution >= 4 is 23.2 Å². The highest BCUT2D eigenvalue weighted by Crippen LogP contribution is 2.14. The van der Waals surface area contributed by atoms with Crippen molar-refractivity contribution in [2.24, 2.45) is 0 Å². The molecule has 0 spiro atoms. The number of benzene rings is 1. The number of aryl methyl sites for hydroxylation is 1. The summed E-state index contributed by atoms with van der Waals surface area (Å²) in [4.78, 5) is 0. The molecule has 2 rings (SSSR count). The van der Waals surface area contributed by atoms with E-state index in [1.54, 1.807) is 0 Å². The van der Waals surface area contributed by atoms with Crippen molar-refractivity contribution < 1.29 is 0 Å². The first-order chi connectivity index (χ1) is 7.16. The van der Waals surface area contributed by atoms with Crippen LogP contribution in [0.4, 0.5) is 0 Å². The van der Waals surface area contributed by atoms with E-state index in [0.29, 0.717) is 11.8 Å². The van der Waals surface area contributed by atoms with Gasteiger partial charge in [0.2, 0.25) is 5.28 Å². The van der Waals surface area contributed by atoms with Crippen molar-refractivity contribution in [2.45, 2.75) is 13.5 Å². The Morgan fingerprint density at radius 2 is 1.80 bits per heavy atom. The van der Waals surface area contributed by atoms with Crippen molar-refractivity contribution in [1.29, 1.82) is 0 Å². The Bertz CT molecular complexity index is 443. The molecule has 15 heavy (non-hydrogen) atoms. The fourth-order valence-corrected chi connectivity index (χ4v) is 1.65. The van der Waals surface area contributed by atoms with Gasteiger partial charge in [0.15, 0.2) is 0 Å². The first-order valence-electron chi connectivity index (χ1n) is 4.46. The Balaban J connectivity index is 2.25. The first kappa shape index (κ1) is 10.5. The molecule has 0 aliphatic rings. The van der Waals surface area contributed by atoms with Crippen LogP contribution in [0.5, 0.6) is 0 Å². The molecule has 78 valence electrons. The average Bonchev–Trinajstić information content (AvgIpc) is 2.53. The first-order valence-corrected chi connectivity index (χ1v) is 5.22. The van der Waals surface area contributed by atoms with Crippen molar-refractivity contribution in [1.82, 2.24) is 14.8 Å². The van der Waals surface area contributed by atoms with Crippen LogP contribution in [0.3, 0.4) is 0 Å². The van der Waals surface area contributed by atoms with Gasteiger partial charge in [0, 0.05) is 5.02 Å². The average molecular weight is 242 g/mol. The number of hydrogen-bond acceptors (Lipinski definition) is 2. The lowest BCUT2D eigenvalue weighted by Crippen LogP contribution is -2.02. The molecule has 1 aromatic heterocycles. The second-order valence-corrected chi connectivity index (χ2v) is 4.00. The Morgan fingerprint density at radius 3 is 2.33 bits per heavy atom. The van der Waals surface area contributed by atoms with Crippen molar-refractivity contribution in [2.75, 3.05) is 0 Å². The second-order valence-electron chi connectivity index (χ2n) is 3.23. The molecule has 0 saturated carbocycles. The third-order valence-electron chi connectivity index (χ3n) is 2.14. The molecular weight excluding hydrogens is 233 g/mol. The summed E-state index contributed by atoms with van der Waals surface area (Å²) in [6.45, 7) is 2.53. The summed E-state index contributed by atoms with van der Waals surface area (Å²) in [6, 6.07) is 7.62. The molecule has 3 nitrogen and oxygen atoms in total. The molecule has 0 unspecified atom stereocenters. The summed E-state index contributed by atoms with van der Waals surface area (Å²) >= 11 is 11.7. The molecule has 0 aliphatic carbocycles. The van der Waals surface area contributed by atoms with E-state index in [-0.39, 0.29) is 0 Å². The molecule has 1 heterocycles. The van der Waals surface area contributed by atoms with Crippen LogP contribution in [0.25, 0.3) is 0 Å². The Morgan fingerprint density at radius 1 is 1.13 bits per heavy atom. The zero-order chi connectivity index (χ0) is 10.8. The predicted octanol–water partition coefficient (Wildman–Crippen LogP) is 2.94. The molecule has 0 N–H and O–H groups in total. The number of nitrogens with zero attached hydrogens (tertiary/aromatic N) is 3. The molecule has 0 radical (unpaired) electrons. The van der Waals surface area contributed by atoms with Gasteiger partial charge in [0.1, 0.15) is 5.82 Å². The van der Waals surface area contributed by atoms with Gasteiger partial charge in [-0.05, 0) is 36.2 Å². The Kier molecular flexibility index (Phi) is 2.93. The topological polar surface area (TPSA) is 30.7 Å². The molecular formula is C10H9Cl2N3. The lowest BCUT2D eigenvalue weighted by atomic mass is 10.2. The quantitative estimate of drug-likeness (QED) is 0.810. The molecule has 1 aromatic carbocycles. The zero-order valence-electron chi connectivity index (χ0n) is 8.11. The van der Waals surface area contributed by atoms with E-state index in [2.05, 4.69) is 10.2 Å². The molecule has 0 amide bonds. The van der Waals surface area contributed by atoms with Gasteiger partial charge in [0.25, 0.3) is 0 Å². The SMILES string of the molecule is Cc1nnc(Cl)n1Cc1ccc(Cl)cc1. The smallest absolute Gasteiger partial charge is 0.225 e. The molecule has 0 atom stereocenters. The van der Waals surface area contributed by atoms with Crippen molar-refractivity contribution in [3.05, 3.63) is 46.0 Å². The maximum Gasteiger partial charge on any atom is 0.225 e. The summed E-state index contributed by atoms with van der Waals surface area (Å²) < 4.78 is 1.84. The minimum absolute atomic E-state index is 0.405. The molecule has 2 aromatic rings. The summed E-state index contributed by atoms with van der Waals surface area (Å²) in [7, 11) is 0. The molecule has 0 saturated heterocycles. The van der Waals surface area contributed by atoms with Crippen LogP contribution in [0.2, 0.25) is 10.3 Å². The fraction of sp³-hybridized carbons (Fsp3) is 0.200. The van der Waals surface area contributed by atoms with Crippen molar-refractivity contribution in [3.63, 3.8) is 0 Å². The van der Waals surface area contributed by atoms with Crippen LogP contribution in [0.1, 0.15) is 11.4 Å². The molecule has 5 heteroatoms. The Labute approximate surface area is 97.7 Å². The summed E-state index contributed by atoms with van der Waals surface area (Å²) in [5.74, 6) is 0.801. The molecule has 0 fully saturated rings. The number of hydrogen-bond donors (Lipinski definition) is 0. The van der Waals surface area contributed by atoms with Gasteiger partial charge in [-0.15, -0.1) is 10.2 Å². The van der Waals surface area contributed by atoms with E-state index in [1.807, 2.05) is 35.8 Å². The highest BCUT2D eigenvalue weighted by molar-refractivity contribution is 6.30. The van der Waals surface area contributed by atoms with Gasteiger partial charge in [-0.3, -0.25) is 4.57 Å². The summed E-state index contributed by atoms with van der Waals surface area (Å²) in [5, 5.41) is 8.80. The van der Waals surface area contributed by atoms with Gasteiger partial charge in [0.05, 0.1) is 6.54 Å². The highest BCUT2D eigenvalue weighted by Gasteiger charge is 2.06. The standard InChI is InChI=1S/C10H9Cl2N3/c1-7-13-14-10(12)15(7)6-8-2-4-9(11)5-3-8/h2-5H,6H2,1H3. The summed E-state index contributed by atoms with van der Waals surface area (Å²) in [5.41, 5.74) is 1.12. The minimum Gasteiger partial charge on any atom is -0.298 e.